The Kier molecular flexibility index (Phi) is 5.16. The van der Waals surface area contributed by atoms with Crippen molar-refractivity contribution in [3.8, 4) is 0 Å². The Morgan fingerprint density at radius 1 is 1.21 bits per heavy atom. The van der Waals surface area contributed by atoms with Gasteiger partial charge in [-0.2, -0.15) is 0 Å². The van der Waals surface area contributed by atoms with Gasteiger partial charge >= 0.3 is 11.6 Å². The molecule has 0 aliphatic rings. The first-order valence-corrected chi connectivity index (χ1v) is 8.30. The topological polar surface area (TPSA) is 56.5 Å². The summed E-state index contributed by atoms with van der Waals surface area (Å²) in [5, 5.41) is 0.826. The van der Waals surface area contributed by atoms with Crippen LogP contribution in [0.4, 0.5) is 0 Å². The number of carbonyl (C=O) groups excluding carboxylic acids is 1. The molecule has 0 aliphatic carbocycles. The van der Waals surface area contributed by atoms with Crippen molar-refractivity contribution in [2.24, 2.45) is 5.41 Å². The van der Waals surface area contributed by atoms with E-state index in [2.05, 4.69) is 13.8 Å². The van der Waals surface area contributed by atoms with Crippen LogP contribution in [-0.2, 0) is 16.1 Å². The Morgan fingerprint density at radius 2 is 1.88 bits per heavy atom. The van der Waals surface area contributed by atoms with Gasteiger partial charge in [-0.25, -0.2) is 4.79 Å². The van der Waals surface area contributed by atoms with Crippen LogP contribution >= 0.6 is 0 Å². The molecule has 4 nitrogen and oxygen atoms in total. The van der Waals surface area contributed by atoms with Crippen LogP contribution in [0.5, 0.6) is 0 Å². The number of fused-ring (bicyclic) bond motifs is 1. The minimum Gasteiger partial charge on any atom is -0.461 e. The second kappa shape index (κ2) is 6.80. The van der Waals surface area contributed by atoms with Crippen molar-refractivity contribution in [3.05, 3.63) is 45.3 Å². The van der Waals surface area contributed by atoms with Gasteiger partial charge in [-0.3, -0.25) is 4.79 Å². The highest BCUT2D eigenvalue weighted by Crippen LogP contribution is 2.27. The number of carbonyl (C=O) groups is 1. The second-order valence-electron chi connectivity index (χ2n) is 7.85. The van der Waals surface area contributed by atoms with Gasteiger partial charge in [0.1, 0.15) is 12.2 Å². The highest BCUT2D eigenvalue weighted by Gasteiger charge is 2.18. The first-order valence-electron chi connectivity index (χ1n) is 8.30. The van der Waals surface area contributed by atoms with Crippen molar-refractivity contribution in [1.82, 2.24) is 0 Å². The smallest absolute Gasteiger partial charge is 0.336 e. The van der Waals surface area contributed by atoms with Gasteiger partial charge in [0, 0.05) is 17.0 Å². The van der Waals surface area contributed by atoms with Crippen LogP contribution in [0, 0.1) is 12.3 Å². The van der Waals surface area contributed by atoms with E-state index in [1.807, 2.05) is 39.8 Å². The summed E-state index contributed by atoms with van der Waals surface area (Å²) < 4.78 is 10.7. The number of aryl methyl sites for hydroxylation is 1. The van der Waals surface area contributed by atoms with Crippen LogP contribution < -0.4 is 5.63 Å². The van der Waals surface area contributed by atoms with Gasteiger partial charge in [-0.05, 0) is 41.5 Å². The molecule has 0 amide bonds. The average molecular weight is 330 g/mol. The van der Waals surface area contributed by atoms with Gasteiger partial charge in [0.25, 0.3) is 0 Å². The Morgan fingerprint density at radius 3 is 2.46 bits per heavy atom. The molecule has 0 bridgehead atoms. The summed E-state index contributed by atoms with van der Waals surface area (Å²) in [5.74, 6) is 0.0951. The monoisotopic (exact) mass is 330 g/mol. The molecular weight excluding hydrogens is 304 g/mol. The van der Waals surface area contributed by atoms with Crippen molar-refractivity contribution >= 4 is 16.9 Å². The highest BCUT2D eigenvalue weighted by atomic mass is 16.5. The van der Waals surface area contributed by atoms with Crippen molar-refractivity contribution in [2.45, 2.75) is 60.5 Å². The largest absolute Gasteiger partial charge is 0.461 e. The van der Waals surface area contributed by atoms with Crippen molar-refractivity contribution < 1.29 is 13.9 Å². The van der Waals surface area contributed by atoms with Gasteiger partial charge in [0.2, 0.25) is 0 Å². The third kappa shape index (κ3) is 4.47. The zero-order valence-corrected chi connectivity index (χ0v) is 15.4. The number of esters is 1. The fourth-order valence-electron chi connectivity index (χ4n) is 2.78. The molecule has 2 aromatic rings. The summed E-state index contributed by atoms with van der Waals surface area (Å²) in [6.45, 7) is 12.3. The summed E-state index contributed by atoms with van der Waals surface area (Å²) in [7, 11) is 0. The van der Waals surface area contributed by atoms with E-state index in [1.165, 1.54) is 11.6 Å². The van der Waals surface area contributed by atoms with Crippen LogP contribution in [0.2, 0.25) is 0 Å². The Bertz CT molecular complexity index is 807. The maximum absolute atomic E-state index is 12.0. The van der Waals surface area contributed by atoms with E-state index in [1.54, 1.807) is 0 Å². The van der Waals surface area contributed by atoms with Crippen molar-refractivity contribution in [1.29, 1.82) is 0 Å². The number of hydrogen-bond donors (Lipinski definition) is 0. The van der Waals surface area contributed by atoms with Gasteiger partial charge in [-0.15, -0.1) is 0 Å². The minimum absolute atomic E-state index is 0.0810. The number of hydrogen-bond acceptors (Lipinski definition) is 4. The Balaban J connectivity index is 2.37. The standard InChI is InChI=1S/C20H26O4/c1-12(2)15-9-16-14(11-23-19(22)10-20(4,5)6)8-18(21)24-17(16)7-13(15)3/h7-9,12H,10-11H2,1-6H3. The molecule has 0 atom stereocenters. The molecule has 1 heterocycles. The molecule has 1 aromatic carbocycles. The average Bonchev–Trinajstić information content (AvgIpc) is 2.41. The summed E-state index contributed by atoms with van der Waals surface area (Å²) >= 11 is 0. The predicted molar refractivity (Wildman–Crippen MR) is 95.2 cm³/mol. The van der Waals surface area contributed by atoms with E-state index in [0.29, 0.717) is 23.5 Å². The molecule has 24 heavy (non-hydrogen) atoms. The first-order chi connectivity index (χ1) is 11.1. The Labute approximate surface area is 142 Å². The molecule has 1 aromatic heterocycles. The second-order valence-corrected chi connectivity index (χ2v) is 7.85. The van der Waals surface area contributed by atoms with Gasteiger partial charge in [-0.1, -0.05) is 34.6 Å². The van der Waals surface area contributed by atoms with Crippen LogP contribution in [0.15, 0.2) is 27.4 Å². The molecule has 0 N–H and O–H groups in total. The van der Waals surface area contributed by atoms with Crippen LogP contribution in [-0.4, -0.2) is 5.97 Å². The van der Waals surface area contributed by atoms with Crippen molar-refractivity contribution in [3.63, 3.8) is 0 Å². The number of ether oxygens (including phenoxy) is 1. The van der Waals surface area contributed by atoms with Crippen LogP contribution in [0.25, 0.3) is 11.0 Å². The molecular formula is C20H26O4. The van der Waals surface area contributed by atoms with Gasteiger partial charge in [0.15, 0.2) is 0 Å². The summed E-state index contributed by atoms with van der Waals surface area (Å²) in [4.78, 5) is 23.8. The quantitative estimate of drug-likeness (QED) is 0.602. The van der Waals surface area contributed by atoms with Gasteiger partial charge < -0.3 is 9.15 Å². The zero-order chi connectivity index (χ0) is 18.1. The van der Waals surface area contributed by atoms with E-state index < -0.39 is 5.63 Å². The lowest BCUT2D eigenvalue weighted by Gasteiger charge is -2.17. The maximum atomic E-state index is 12.0. The minimum atomic E-state index is -0.430. The molecule has 0 unspecified atom stereocenters. The Hall–Kier alpha value is -2.10. The lowest BCUT2D eigenvalue weighted by atomic mass is 9.92. The van der Waals surface area contributed by atoms with Crippen LogP contribution in [0.3, 0.4) is 0 Å². The highest BCUT2D eigenvalue weighted by molar-refractivity contribution is 5.82. The molecule has 0 fully saturated rings. The third-order valence-corrected chi connectivity index (χ3v) is 3.90. The summed E-state index contributed by atoms with van der Waals surface area (Å²) in [6, 6.07) is 5.32. The van der Waals surface area contributed by atoms with E-state index >= 15 is 0 Å². The molecule has 0 saturated heterocycles. The number of rotatable bonds is 4. The van der Waals surface area contributed by atoms with Gasteiger partial charge in [0.05, 0.1) is 6.42 Å². The fourth-order valence-corrected chi connectivity index (χ4v) is 2.78. The predicted octanol–water partition coefficient (Wildman–Crippen LogP) is 4.70. The van der Waals surface area contributed by atoms with E-state index in [4.69, 9.17) is 9.15 Å². The van der Waals surface area contributed by atoms with E-state index in [-0.39, 0.29) is 18.0 Å². The maximum Gasteiger partial charge on any atom is 0.336 e. The molecule has 0 radical (unpaired) electrons. The van der Waals surface area contributed by atoms with E-state index in [0.717, 1.165) is 10.9 Å². The third-order valence-electron chi connectivity index (χ3n) is 3.90. The van der Waals surface area contributed by atoms with E-state index in [9.17, 15) is 9.59 Å². The molecule has 0 saturated carbocycles. The fraction of sp³-hybridized carbons (Fsp3) is 0.500. The SMILES string of the molecule is Cc1cc2oc(=O)cc(COC(=O)CC(C)(C)C)c2cc1C(C)C. The summed E-state index contributed by atoms with van der Waals surface area (Å²) in [5.41, 5.74) is 2.94. The van der Waals surface area contributed by atoms with Crippen molar-refractivity contribution in [2.75, 3.05) is 0 Å². The molecule has 130 valence electrons. The molecule has 2 rings (SSSR count). The zero-order valence-electron chi connectivity index (χ0n) is 15.4. The van der Waals surface area contributed by atoms with Crippen LogP contribution in [0.1, 0.15) is 63.6 Å². The molecule has 0 spiro atoms. The molecule has 0 aliphatic heterocycles. The lowest BCUT2D eigenvalue weighted by molar-refractivity contribution is -0.147. The normalized spacial score (nSPS) is 12.0. The summed E-state index contributed by atoms with van der Waals surface area (Å²) in [6.07, 6.45) is 0.336. The number of benzene rings is 1. The first kappa shape index (κ1) is 18.2. The lowest BCUT2D eigenvalue weighted by Crippen LogP contribution is -2.15. The molecule has 4 heteroatoms.